The summed E-state index contributed by atoms with van der Waals surface area (Å²) in [6.45, 7) is 7.47. The first-order valence-corrected chi connectivity index (χ1v) is 9.93. The lowest BCUT2D eigenvalue weighted by Gasteiger charge is -2.32. The van der Waals surface area contributed by atoms with Crippen molar-refractivity contribution in [3.05, 3.63) is 35.9 Å². The second-order valence-electron chi connectivity index (χ2n) is 7.30. The number of halogens is 1. The fraction of sp³-hybridized carbons (Fsp3) is 0.667. The molecule has 0 aliphatic carbocycles. The molecule has 27 heavy (non-hydrogen) atoms. The molecule has 0 bridgehead atoms. The number of piperidine rings is 1. The second-order valence-corrected chi connectivity index (χ2v) is 7.30. The molecule has 1 aromatic carbocycles. The molecule has 0 radical (unpaired) electrons. The first-order valence-electron chi connectivity index (χ1n) is 9.93. The monoisotopic (exact) mass is 488 g/mol. The van der Waals surface area contributed by atoms with E-state index in [2.05, 4.69) is 57.8 Å². The van der Waals surface area contributed by atoms with Crippen molar-refractivity contribution in [1.82, 2.24) is 15.5 Å². The van der Waals surface area contributed by atoms with Gasteiger partial charge in [0, 0.05) is 33.3 Å². The molecule has 1 heterocycles. The quantitative estimate of drug-likeness (QED) is 0.319. The molecule has 2 N–H and O–H groups in total. The minimum Gasteiger partial charge on any atom is -0.383 e. The molecular weight excluding hydrogens is 451 g/mol. The number of rotatable bonds is 9. The van der Waals surface area contributed by atoms with Gasteiger partial charge in [-0.1, -0.05) is 30.3 Å². The summed E-state index contributed by atoms with van der Waals surface area (Å²) < 4.78 is 5.17. The van der Waals surface area contributed by atoms with Gasteiger partial charge >= 0.3 is 0 Å². The second kappa shape index (κ2) is 14.2. The fourth-order valence-electron chi connectivity index (χ4n) is 3.40. The van der Waals surface area contributed by atoms with Gasteiger partial charge in [-0.05, 0) is 57.2 Å². The zero-order chi connectivity index (χ0) is 18.6. The molecule has 5 nitrogen and oxygen atoms in total. The predicted octanol–water partition coefficient (Wildman–Crippen LogP) is 3.15. The van der Waals surface area contributed by atoms with Gasteiger partial charge in [0.2, 0.25) is 0 Å². The van der Waals surface area contributed by atoms with E-state index in [0.717, 1.165) is 44.4 Å². The van der Waals surface area contributed by atoms with Crippen LogP contribution >= 0.6 is 24.0 Å². The van der Waals surface area contributed by atoms with Crippen LogP contribution in [0.2, 0.25) is 0 Å². The Balaban J connectivity index is 0.00000364. The van der Waals surface area contributed by atoms with Crippen molar-refractivity contribution >= 4 is 29.9 Å². The van der Waals surface area contributed by atoms with Crippen LogP contribution < -0.4 is 10.6 Å². The summed E-state index contributed by atoms with van der Waals surface area (Å²) in [5, 5.41) is 7.05. The van der Waals surface area contributed by atoms with Crippen molar-refractivity contribution in [1.29, 1.82) is 0 Å². The molecule has 1 saturated heterocycles. The van der Waals surface area contributed by atoms with Gasteiger partial charge in [0.1, 0.15) is 0 Å². The Morgan fingerprint density at radius 2 is 1.96 bits per heavy atom. The first-order chi connectivity index (χ1) is 12.7. The van der Waals surface area contributed by atoms with Crippen LogP contribution in [0.4, 0.5) is 0 Å². The van der Waals surface area contributed by atoms with Gasteiger partial charge in [0.15, 0.2) is 5.96 Å². The number of guanidine groups is 1. The highest BCUT2D eigenvalue weighted by molar-refractivity contribution is 14.0. The first kappa shape index (κ1) is 24.2. The van der Waals surface area contributed by atoms with E-state index in [-0.39, 0.29) is 24.0 Å². The molecule has 0 saturated carbocycles. The number of benzene rings is 1. The number of aryl methyl sites for hydroxylation is 1. The van der Waals surface area contributed by atoms with E-state index >= 15 is 0 Å². The van der Waals surface area contributed by atoms with Crippen LogP contribution in [-0.2, 0) is 11.2 Å². The number of hydrogen-bond donors (Lipinski definition) is 2. The average molecular weight is 488 g/mol. The lowest BCUT2D eigenvalue weighted by atomic mass is 9.97. The van der Waals surface area contributed by atoms with Gasteiger partial charge < -0.3 is 20.3 Å². The number of ether oxygens (including phenoxy) is 1. The summed E-state index contributed by atoms with van der Waals surface area (Å²) in [4.78, 5) is 6.89. The third kappa shape index (κ3) is 9.76. The zero-order valence-electron chi connectivity index (χ0n) is 17.1. The van der Waals surface area contributed by atoms with Gasteiger partial charge in [-0.3, -0.25) is 4.99 Å². The zero-order valence-corrected chi connectivity index (χ0v) is 19.4. The predicted molar refractivity (Wildman–Crippen MR) is 125 cm³/mol. The van der Waals surface area contributed by atoms with Gasteiger partial charge in [-0.2, -0.15) is 0 Å². The normalized spacial score (nSPS) is 17.2. The van der Waals surface area contributed by atoms with E-state index in [1.165, 1.54) is 31.5 Å². The van der Waals surface area contributed by atoms with Gasteiger partial charge in [0.05, 0.1) is 6.61 Å². The minimum atomic E-state index is 0. The molecule has 2 rings (SSSR count). The molecule has 0 amide bonds. The van der Waals surface area contributed by atoms with Gasteiger partial charge in [-0.15, -0.1) is 24.0 Å². The number of nitrogens with one attached hydrogen (secondary N) is 2. The van der Waals surface area contributed by atoms with Crippen molar-refractivity contribution in [2.75, 3.05) is 46.9 Å². The Kier molecular flexibility index (Phi) is 12.7. The number of likely N-dealkylation sites (tertiary alicyclic amines) is 1. The van der Waals surface area contributed by atoms with Crippen LogP contribution in [0.15, 0.2) is 35.3 Å². The third-order valence-electron chi connectivity index (χ3n) is 5.19. The molecule has 1 aromatic rings. The van der Waals surface area contributed by atoms with Crippen LogP contribution in [0.3, 0.4) is 0 Å². The smallest absolute Gasteiger partial charge is 0.191 e. The van der Waals surface area contributed by atoms with Crippen molar-refractivity contribution in [2.45, 2.75) is 38.6 Å². The summed E-state index contributed by atoms with van der Waals surface area (Å²) in [5.41, 5.74) is 1.39. The number of nitrogens with zero attached hydrogens (tertiary/aromatic N) is 2. The molecule has 6 heteroatoms. The van der Waals surface area contributed by atoms with Crippen molar-refractivity contribution in [2.24, 2.45) is 10.9 Å². The molecule has 0 aromatic heterocycles. The Hall–Kier alpha value is -0.860. The molecule has 0 spiro atoms. The van der Waals surface area contributed by atoms with Crippen LogP contribution in [0.1, 0.15) is 31.7 Å². The summed E-state index contributed by atoms with van der Waals surface area (Å²) in [6.07, 6.45) is 4.68. The fourth-order valence-corrected chi connectivity index (χ4v) is 3.40. The molecule has 1 aliphatic heterocycles. The maximum atomic E-state index is 5.17. The molecule has 1 fully saturated rings. The van der Waals surface area contributed by atoms with Crippen molar-refractivity contribution in [3.63, 3.8) is 0 Å². The van der Waals surface area contributed by atoms with Crippen molar-refractivity contribution < 1.29 is 4.74 Å². The average Bonchev–Trinajstić information content (AvgIpc) is 2.69. The van der Waals surface area contributed by atoms with E-state index < -0.39 is 0 Å². The van der Waals surface area contributed by atoms with Crippen LogP contribution in [0, 0.1) is 5.92 Å². The van der Waals surface area contributed by atoms with E-state index in [9.17, 15) is 0 Å². The molecule has 1 atom stereocenters. The van der Waals surface area contributed by atoms with Gasteiger partial charge in [-0.25, -0.2) is 0 Å². The number of aliphatic imine (C=N–C) groups is 1. The van der Waals surface area contributed by atoms with Crippen molar-refractivity contribution in [3.8, 4) is 0 Å². The molecular formula is C21H37IN4O. The highest BCUT2D eigenvalue weighted by Gasteiger charge is 2.19. The Labute approximate surface area is 182 Å². The minimum absolute atomic E-state index is 0. The highest BCUT2D eigenvalue weighted by atomic mass is 127. The summed E-state index contributed by atoms with van der Waals surface area (Å²) in [7, 11) is 3.63. The number of hydrogen-bond acceptors (Lipinski definition) is 3. The maximum absolute atomic E-state index is 5.17. The third-order valence-corrected chi connectivity index (χ3v) is 5.19. The summed E-state index contributed by atoms with van der Waals surface area (Å²) in [5.74, 6) is 1.65. The Morgan fingerprint density at radius 3 is 2.59 bits per heavy atom. The van der Waals surface area contributed by atoms with Crippen LogP contribution in [0.5, 0.6) is 0 Å². The highest BCUT2D eigenvalue weighted by Crippen LogP contribution is 2.16. The van der Waals surface area contributed by atoms with Gasteiger partial charge in [0.25, 0.3) is 0 Å². The standard InChI is InChI=1S/C21H36N4O.HI/c1-18(9-10-19-7-5-4-6-8-19)24-21(22-2)23-17-20-11-13-25(14-12-20)15-16-26-3;/h4-8,18,20H,9-17H2,1-3H3,(H2,22,23,24);1H. The van der Waals surface area contributed by atoms with Crippen LogP contribution in [-0.4, -0.2) is 63.8 Å². The Morgan fingerprint density at radius 1 is 1.26 bits per heavy atom. The SMILES string of the molecule is CN=C(NCC1CCN(CCOC)CC1)NC(C)CCc1ccccc1.I. The lowest BCUT2D eigenvalue weighted by Crippen LogP contribution is -2.45. The molecule has 1 unspecified atom stereocenters. The number of methoxy groups -OCH3 is 1. The maximum Gasteiger partial charge on any atom is 0.191 e. The Bertz CT molecular complexity index is 518. The van der Waals surface area contributed by atoms with E-state index in [4.69, 9.17) is 4.74 Å². The summed E-state index contributed by atoms with van der Waals surface area (Å²) >= 11 is 0. The van der Waals surface area contributed by atoms with E-state index in [0.29, 0.717) is 6.04 Å². The largest absolute Gasteiger partial charge is 0.383 e. The van der Waals surface area contributed by atoms with Crippen LogP contribution in [0.25, 0.3) is 0 Å². The lowest BCUT2D eigenvalue weighted by molar-refractivity contribution is 0.121. The van der Waals surface area contributed by atoms with E-state index in [1.54, 1.807) is 7.11 Å². The summed E-state index contributed by atoms with van der Waals surface area (Å²) in [6, 6.07) is 11.1. The van der Waals surface area contributed by atoms with E-state index in [1.807, 2.05) is 7.05 Å². The molecule has 1 aliphatic rings. The topological polar surface area (TPSA) is 48.9 Å². The molecule has 154 valence electrons.